The van der Waals surface area contributed by atoms with Gasteiger partial charge < -0.3 is 9.47 Å². The third-order valence-corrected chi connectivity index (χ3v) is 2.61. The zero-order valence-corrected chi connectivity index (χ0v) is 12.6. The molecule has 0 saturated heterocycles. The lowest BCUT2D eigenvalue weighted by Gasteiger charge is -2.06. The molecule has 1 aromatic carbocycles. The maximum absolute atomic E-state index is 11.9. The molecule has 1 rings (SSSR count). The third-order valence-electron chi connectivity index (χ3n) is 2.61. The molecule has 0 heterocycles. The van der Waals surface area contributed by atoms with Gasteiger partial charge in [-0.25, -0.2) is 4.79 Å². The number of hydrogen-bond acceptors (Lipinski definition) is 7. The smallest absolute Gasteiger partial charge is 0.341 e. The van der Waals surface area contributed by atoms with Crippen molar-refractivity contribution in [3.8, 4) is 0 Å². The first-order valence-electron chi connectivity index (χ1n) is 6.59. The summed E-state index contributed by atoms with van der Waals surface area (Å²) in [7, 11) is 0. The van der Waals surface area contributed by atoms with Gasteiger partial charge in [0.05, 0.1) is 4.92 Å². The Bertz CT molecular complexity index is 664. The number of benzene rings is 1. The van der Waals surface area contributed by atoms with Gasteiger partial charge in [-0.2, -0.15) is 0 Å². The Morgan fingerprint density at radius 3 is 2.39 bits per heavy atom. The Kier molecular flexibility index (Phi) is 6.60. The monoisotopic (exact) mass is 321 g/mol. The Balaban J connectivity index is 2.86. The van der Waals surface area contributed by atoms with E-state index in [2.05, 4.69) is 4.74 Å². The second kappa shape index (κ2) is 8.42. The minimum Gasteiger partial charge on any atom is -0.462 e. The molecule has 0 aromatic heterocycles. The lowest BCUT2D eigenvalue weighted by molar-refractivity contribution is -0.384. The largest absolute Gasteiger partial charge is 0.462 e. The molecule has 0 saturated carbocycles. The number of esters is 2. The van der Waals surface area contributed by atoms with Gasteiger partial charge in [-0.1, -0.05) is 12.1 Å². The molecule has 0 aliphatic heterocycles. The molecule has 0 aliphatic rings. The molecule has 0 unspecified atom stereocenters. The predicted molar refractivity (Wildman–Crippen MR) is 79.3 cm³/mol. The Morgan fingerprint density at radius 2 is 1.83 bits per heavy atom. The molecule has 0 amide bonds. The minimum absolute atomic E-state index is 0.122. The maximum Gasteiger partial charge on any atom is 0.341 e. The summed E-state index contributed by atoms with van der Waals surface area (Å²) in [4.78, 5) is 44.1. The molecule has 0 fully saturated rings. The first-order valence-corrected chi connectivity index (χ1v) is 6.59. The second-order valence-corrected chi connectivity index (χ2v) is 4.44. The van der Waals surface area contributed by atoms with Gasteiger partial charge in [-0.15, -0.1) is 0 Å². The van der Waals surface area contributed by atoms with Crippen LogP contribution in [0.5, 0.6) is 0 Å². The standard InChI is InChI=1S/C15H15NO7/c1-10(17)14(15(19)23-7-6-22-11(2)18)9-12-4-3-5-13(8-12)16(20)21/h3-5,8-9H,6-7H2,1-2H3. The first kappa shape index (κ1) is 18.0. The topological polar surface area (TPSA) is 113 Å². The second-order valence-electron chi connectivity index (χ2n) is 4.44. The van der Waals surface area contributed by atoms with Crippen LogP contribution in [0.2, 0.25) is 0 Å². The predicted octanol–water partition coefficient (Wildman–Crippen LogP) is 1.67. The van der Waals surface area contributed by atoms with Crippen molar-refractivity contribution in [1.82, 2.24) is 0 Å². The highest BCUT2D eigenvalue weighted by Crippen LogP contribution is 2.16. The summed E-state index contributed by atoms with van der Waals surface area (Å²) < 4.78 is 9.42. The number of non-ortho nitro benzene ring substituents is 1. The van der Waals surface area contributed by atoms with E-state index in [0.717, 1.165) is 0 Å². The van der Waals surface area contributed by atoms with Gasteiger partial charge in [0.15, 0.2) is 5.78 Å². The van der Waals surface area contributed by atoms with Crippen LogP contribution in [0.25, 0.3) is 6.08 Å². The van der Waals surface area contributed by atoms with Crippen molar-refractivity contribution in [3.63, 3.8) is 0 Å². The highest BCUT2D eigenvalue weighted by Gasteiger charge is 2.17. The maximum atomic E-state index is 11.9. The van der Waals surface area contributed by atoms with Crippen molar-refractivity contribution in [1.29, 1.82) is 0 Å². The average Bonchev–Trinajstić information content (AvgIpc) is 2.48. The zero-order valence-electron chi connectivity index (χ0n) is 12.6. The number of carbonyl (C=O) groups is 3. The van der Waals surface area contributed by atoms with Gasteiger partial charge >= 0.3 is 11.9 Å². The summed E-state index contributed by atoms with van der Waals surface area (Å²) in [5.41, 5.74) is -0.0977. The van der Waals surface area contributed by atoms with Crippen molar-refractivity contribution in [2.45, 2.75) is 13.8 Å². The van der Waals surface area contributed by atoms with Gasteiger partial charge in [0.1, 0.15) is 18.8 Å². The van der Waals surface area contributed by atoms with Gasteiger partial charge in [-0.3, -0.25) is 19.7 Å². The van der Waals surface area contributed by atoms with Crippen LogP contribution in [-0.2, 0) is 23.9 Å². The molecule has 1 aromatic rings. The molecule has 0 atom stereocenters. The van der Waals surface area contributed by atoms with E-state index in [1.165, 1.54) is 44.2 Å². The molecule has 0 aliphatic carbocycles. The van der Waals surface area contributed by atoms with Crippen LogP contribution >= 0.6 is 0 Å². The van der Waals surface area contributed by atoms with E-state index in [0.29, 0.717) is 5.56 Å². The Labute approximate surface area is 131 Å². The first-order chi connectivity index (χ1) is 10.8. The summed E-state index contributed by atoms with van der Waals surface area (Å²) in [6.45, 7) is 2.07. The number of carbonyl (C=O) groups excluding carboxylic acids is 3. The van der Waals surface area contributed by atoms with Crippen LogP contribution in [-0.4, -0.2) is 35.9 Å². The van der Waals surface area contributed by atoms with Crippen LogP contribution in [0.3, 0.4) is 0 Å². The van der Waals surface area contributed by atoms with Gasteiger partial charge in [0.25, 0.3) is 5.69 Å². The van der Waals surface area contributed by atoms with E-state index in [1.54, 1.807) is 0 Å². The molecule has 23 heavy (non-hydrogen) atoms. The lowest BCUT2D eigenvalue weighted by atomic mass is 10.1. The lowest BCUT2D eigenvalue weighted by Crippen LogP contribution is -2.17. The Hall–Kier alpha value is -3.03. The number of nitrogens with zero attached hydrogens (tertiary/aromatic N) is 1. The molecule has 8 heteroatoms. The van der Waals surface area contributed by atoms with Gasteiger partial charge in [-0.05, 0) is 18.6 Å². The van der Waals surface area contributed by atoms with Crippen LogP contribution < -0.4 is 0 Å². The van der Waals surface area contributed by atoms with Crippen LogP contribution in [0, 0.1) is 10.1 Å². The molecular weight excluding hydrogens is 306 g/mol. The van der Waals surface area contributed by atoms with E-state index in [1.807, 2.05) is 0 Å². The molecule has 8 nitrogen and oxygen atoms in total. The quantitative estimate of drug-likeness (QED) is 0.143. The number of nitro groups is 1. The van der Waals surface area contributed by atoms with E-state index in [-0.39, 0.29) is 24.5 Å². The van der Waals surface area contributed by atoms with Crippen LogP contribution in [0.1, 0.15) is 19.4 Å². The SMILES string of the molecule is CC(=O)OCCOC(=O)C(=Cc1cccc([N+](=O)[O-])c1)C(C)=O. The fraction of sp³-hybridized carbons (Fsp3) is 0.267. The van der Waals surface area contributed by atoms with E-state index >= 15 is 0 Å². The number of Topliss-reactive ketones (excluding diaryl/α,β-unsaturated/α-hetero) is 1. The van der Waals surface area contributed by atoms with Crippen LogP contribution in [0.15, 0.2) is 29.8 Å². The summed E-state index contributed by atoms with van der Waals surface area (Å²) in [5, 5.41) is 10.7. The average molecular weight is 321 g/mol. The molecular formula is C15H15NO7. The number of hydrogen-bond donors (Lipinski definition) is 0. The molecule has 0 N–H and O–H groups in total. The summed E-state index contributed by atoms with van der Waals surface area (Å²) >= 11 is 0. The highest BCUT2D eigenvalue weighted by molar-refractivity contribution is 6.19. The van der Waals surface area contributed by atoms with Crippen molar-refractivity contribution in [2.75, 3.05) is 13.2 Å². The zero-order chi connectivity index (χ0) is 17.4. The fourth-order valence-electron chi connectivity index (χ4n) is 1.60. The number of ether oxygens (including phenoxy) is 2. The van der Waals surface area contributed by atoms with Crippen molar-refractivity contribution in [3.05, 3.63) is 45.5 Å². The molecule has 0 radical (unpaired) electrons. The normalized spacial score (nSPS) is 10.8. The van der Waals surface area contributed by atoms with Crippen molar-refractivity contribution in [2.24, 2.45) is 0 Å². The molecule has 0 bridgehead atoms. The number of ketones is 1. The van der Waals surface area contributed by atoms with Crippen LogP contribution in [0.4, 0.5) is 5.69 Å². The molecule has 0 spiro atoms. The summed E-state index contributed by atoms with van der Waals surface area (Å²) in [5.74, 6) is -1.95. The minimum atomic E-state index is -0.892. The number of rotatable bonds is 7. The van der Waals surface area contributed by atoms with Crippen molar-refractivity contribution >= 4 is 29.5 Å². The number of nitro benzene ring substituents is 1. The summed E-state index contributed by atoms with van der Waals surface area (Å²) in [6, 6.07) is 5.48. The summed E-state index contributed by atoms with van der Waals surface area (Å²) in [6.07, 6.45) is 1.21. The highest BCUT2D eigenvalue weighted by atomic mass is 16.6. The van der Waals surface area contributed by atoms with Crippen molar-refractivity contribution < 1.29 is 28.8 Å². The van der Waals surface area contributed by atoms with E-state index < -0.39 is 22.6 Å². The Morgan fingerprint density at radius 1 is 1.17 bits per heavy atom. The van der Waals surface area contributed by atoms with E-state index in [4.69, 9.17) is 4.74 Å². The van der Waals surface area contributed by atoms with E-state index in [9.17, 15) is 24.5 Å². The fourth-order valence-corrected chi connectivity index (χ4v) is 1.60. The van der Waals surface area contributed by atoms with Gasteiger partial charge in [0, 0.05) is 19.1 Å². The third kappa shape index (κ3) is 6.08. The molecule has 122 valence electrons. The van der Waals surface area contributed by atoms with Gasteiger partial charge in [0.2, 0.25) is 0 Å².